The fourth-order valence-corrected chi connectivity index (χ4v) is 3.10. The van der Waals surface area contributed by atoms with E-state index in [0.29, 0.717) is 5.56 Å². The normalized spacial score (nSPS) is 12.1. The molecule has 3 aromatic rings. The van der Waals surface area contributed by atoms with Crippen molar-refractivity contribution >= 4 is 22.8 Å². The number of aromatic nitrogens is 4. The summed E-state index contributed by atoms with van der Waals surface area (Å²) in [4.78, 5) is 27.9. The molecule has 0 bridgehead atoms. The van der Waals surface area contributed by atoms with Crippen LogP contribution in [0.25, 0.3) is 10.9 Å². The first-order valence-corrected chi connectivity index (χ1v) is 8.85. The van der Waals surface area contributed by atoms with Crippen LogP contribution in [-0.2, 0) is 0 Å². The number of nitrogens with one attached hydrogen (secondary N) is 2. The molecule has 0 saturated heterocycles. The van der Waals surface area contributed by atoms with Crippen molar-refractivity contribution < 1.29 is 9.84 Å². The lowest BCUT2D eigenvalue weighted by atomic mass is 9.99. The van der Waals surface area contributed by atoms with Crippen molar-refractivity contribution in [2.75, 3.05) is 12.4 Å². The number of hydrogen-bond donors (Lipinski definition) is 3. The number of benzene rings is 1. The molecule has 0 fully saturated rings. The number of H-pyrrole nitrogens is 1. The van der Waals surface area contributed by atoms with Crippen LogP contribution >= 0.6 is 0 Å². The van der Waals surface area contributed by atoms with Gasteiger partial charge in [0.15, 0.2) is 0 Å². The highest BCUT2D eigenvalue weighted by molar-refractivity contribution is 5.83. The van der Waals surface area contributed by atoms with Gasteiger partial charge < -0.3 is 9.84 Å². The zero-order valence-corrected chi connectivity index (χ0v) is 15.8. The second-order valence-electron chi connectivity index (χ2n) is 6.48. The van der Waals surface area contributed by atoms with Crippen molar-refractivity contribution in [1.82, 2.24) is 19.9 Å². The lowest BCUT2D eigenvalue weighted by Gasteiger charge is -2.12. The summed E-state index contributed by atoms with van der Waals surface area (Å²) in [6.45, 7) is 5.78. The van der Waals surface area contributed by atoms with Gasteiger partial charge in [-0.15, -0.1) is 0 Å². The Morgan fingerprint density at radius 3 is 2.74 bits per heavy atom. The van der Waals surface area contributed by atoms with Crippen LogP contribution in [-0.4, -0.2) is 32.2 Å². The summed E-state index contributed by atoms with van der Waals surface area (Å²) in [6.07, 6.45) is 1.70. The Balaban J connectivity index is 1.94. The zero-order valence-electron chi connectivity index (χ0n) is 15.8. The molecule has 2 aromatic heterocycles. The molecule has 0 spiro atoms. The van der Waals surface area contributed by atoms with Crippen molar-refractivity contribution in [3.05, 3.63) is 39.8 Å². The first-order chi connectivity index (χ1) is 12.9. The van der Waals surface area contributed by atoms with E-state index in [1.807, 2.05) is 39.0 Å². The van der Waals surface area contributed by atoms with Crippen molar-refractivity contribution in [3.8, 4) is 11.6 Å². The maximum atomic E-state index is 12.4. The van der Waals surface area contributed by atoms with E-state index in [0.717, 1.165) is 35.2 Å². The van der Waals surface area contributed by atoms with Crippen LogP contribution in [0.1, 0.15) is 43.9 Å². The van der Waals surface area contributed by atoms with Crippen LogP contribution in [0.5, 0.6) is 11.6 Å². The quantitative estimate of drug-likeness (QED) is 0.610. The third-order valence-electron chi connectivity index (χ3n) is 4.47. The van der Waals surface area contributed by atoms with Crippen LogP contribution in [0.4, 0.5) is 11.9 Å². The van der Waals surface area contributed by atoms with Gasteiger partial charge in [0.05, 0.1) is 23.9 Å². The predicted octanol–water partition coefficient (Wildman–Crippen LogP) is 3.38. The molecule has 0 amide bonds. The van der Waals surface area contributed by atoms with Gasteiger partial charge in [0, 0.05) is 5.39 Å². The molecule has 1 atom stereocenters. The molecular formula is C19H23N5O3. The molecule has 2 heterocycles. The topological polar surface area (TPSA) is 113 Å². The highest BCUT2D eigenvalue weighted by Gasteiger charge is 2.17. The molecule has 8 heteroatoms. The molecule has 0 radical (unpaired) electrons. The summed E-state index contributed by atoms with van der Waals surface area (Å²) in [6, 6.07) is 5.51. The van der Waals surface area contributed by atoms with E-state index in [4.69, 9.17) is 4.74 Å². The van der Waals surface area contributed by atoms with Gasteiger partial charge in [-0.25, -0.2) is 9.97 Å². The van der Waals surface area contributed by atoms with Gasteiger partial charge in [-0.05, 0) is 37.5 Å². The number of anilines is 2. The lowest BCUT2D eigenvalue weighted by Crippen LogP contribution is -2.18. The Morgan fingerprint density at radius 2 is 2.07 bits per heavy atom. The number of methoxy groups -OCH3 is 1. The highest BCUT2D eigenvalue weighted by Crippen LogP contribution is 2.26. The van der Waals surface area contributed by atoms with Crippen LogP contribution in [0.15, 0.2) is 23.0 Å². The summed E-state index contributed by atoms with van der Waals surface area (Å²) in [5.41, 5.74) is 1.41. The molecule has 0 aliphatic rings. The number of aryl methyl sites for hydroxylation is 1. The molecule has 142 valence electrons. The number of hydrogen-bond acceptors (Lipinski definition) is 7. The van der Waals surface area contributed by atoms with Crippen LogP contribution < -0.4 is 15.6 Å². The number of rotatable bonds is 6. The van der Waals surface area contributed by atoms with Gasteiger partial charge >= 0.3 is 0 Å². The minimum Gasteiger partial charge on any atom is -0.497 e. The standard InChI is InChI=1S/C19H23N5O3/c1-5-6-10(2)15-16(25)22-19(23-17(15)26)24-18-20-11(3)13-9-12(27-4)7-8-14(13)21-18/h7-10H,5-6H2,1-4H3,(H3,20,21,22,23,24,25,26)/t10-/m0/s1. The fourth-order valence-electron chi connectivity index (χ4n) is 3.10. The van der Waals surface area contributed by atoms with Gasteiger partial charge in [-0.3, -0.25) is 15.1 Å². The zero-order chi connectivity index (χ0) is 19.6. The third-order valence-corrected chi connectivity index (χ3v) is 4.47. The molecule has 1 aromatic carbocycles. The highest BCUT2D eigenvalue weighted by atomic mass is 16.5. The Hall–Kier alpha value is -3.16. The van der Waals surface area contributed by atoms with E-state index in [1.165, 1.54) is 0 Å². The van der Waals surface area contributed by atoms with Gasteiger partial charge in [-0.2, -0.15) is 4.98 Å². The van der Waals surface area contributed by atoms with E-state index < -0.39 is 0 Å². The second kappa shape index (κ2) is 7.61. The summed E-state index contributed by atoms with van der Waals surface area (Å²) < 4.78 is 5.23. The Labute approximate surface area is 156 Å². The monoisotopic (exact) mass is 369 g/mol. The molecule has 8 nitrogen and oxygen atoms in total. The van der Waals surface area contributed by atoms with E-state index >= 15 is 0 Å². The number of nitrogens with zero attached hydrogens (tertiary/aromatic N) is 3. The first kappa shape index (κ1) is 18.6. The van der Waals surface area contributed by atoms with Gasteiger partial charge in [0.2, 0.25) is 17.8 Å². The van der Waals surface area contributed by atoms with Crippen molar-refractivity contribution in [3.63, 3.8) is 0 Å². The predicted molar refractivity (Wildman–Crippen MR) is 104 cm³/mol. The van der Waals surface area contributed by atoms with Gasteiger partial charge in [-0.1, -0.05) is 20.3 Å². The molecule has 0 aliphatic heterocycles. The molecule has 27 heavy (non-hydrogen) atoms. The summed E-state index contributed by atoms with van der Waals surface area (Å²) in [7, 11) is 1.60. The largest absolute Gasteiger partial charge is 0.497 e. The minimum absolute atomic E-state index is 0.0746. The van der Waals surface area contributed by atoms with Crippen LogP contribution in [0, 0.1) is 6.92 Å². The maximum Gasteiger partial charge on any atom is 0.259 e. The average Bonchev–Trinajstić information content (AvgIpc) is 2.61. The molecule has 0 saturated carbocycles. The number of aromatic hydroxyl groups is 1. The van der Waals surface area contributed by atoms with Gasteiger partial charge in [0.25, 0.3) is 5.56 Å². The Kier molecular flexibility index (Phi) is 5.25. The van der Waals surface area contributed by atoms with E-state index in [1.54, 1.807) is 7.11 Å². The molecule has 0 unspecified atom stereocenters. The maximum absolute atomic E-state index is 12.4. The number of aromatic amines is 1. The Morgan fingerprint density at radius 1 is 1.30 bits per heavy atom. The fraction of sp³-hybridized carbons (Fsp3) is 0.368. The number of ether oxygens (including phenoxy) is 1. The summed E-state index contributed by atoms with van der Waals surface area (Å²) in [5.74, 6) is 0.751. The molecule has 3 N–H and O–H groups in total. The molecule has 0 aliphatic carbocycles. The smallest absolute Gasteiger partial charge is 0.259 e. The molecular weight excluding hydrogens is 346 g/mol. The van der Waals surface area contributed by atoms with Crippen molar-refractivity contribution in [1.29, 1.82) is 0 Å². The summed E-state index contributed by atoms with van der Waals surface area (Å²) >= 11 is 0. The molecule has 3 rings (SSSR count). The summed E-state index contributed by atoms with van der Waals surface area (Å²) in [5, 5.41) is 13.9. The van der Waals surface area contributed by atoms with Crippen molar-refractivity contribution in [2.45, 2.75) is 39.5 Å². The van der Waals surface area contributed by atoms with E-state index in [9.17, 15) is 9.90 Å². The third kappa shape index (κ3) is 3.84. The number of fused-ring (bicyclic) bond motifs is 1. The first-order valence-electron chi connectivity index (χ1n) is 8.85. The van der Waals surface area contributed by atoms with Crippen LogP contribution in [0.2, 0.25) is 0 Å². The SMILES string of the molecule is CCC[C@H](C)c1c(O)nc(Nc2nc(C)c3cc(OC)ccc3n2)[nH]c1=O. The average molecular weight is 369 g/mol. The lowest BCUT2D eigenvalue weighted by molar-refractivity contribution is 0.415. The van der Waals surface area contributed by atoms with E-state index in [-0.39, 0.29) is 29.3 Å². The second-order valence-corrected chi connectivity index (χ2v) is 6.48. The van der Waals surface area contributed by atoms with Crippen LogP contribution in [0.3, 0.4) is 0 Å². The van der Waals surface area contributed by atoms with E-state index in [2.05, 4.69) is 25.3 Å². The minimum atomic E-state index is -0.367. The Bertz CT molecular complexity index is 1030. The van der Waals surface area contributed by atoms with Crippen molar-refractivity contribution in [2.24, 2.45) is 0 Å². The van der Waals surface area contributed by atoms with Gasteiger partial charge in [0.1, 0.15) is 5.75 Å².